The van der Waals surface area contributed by atoms with E-state index >= 15 is 0 Å². The van der Waals surface area contributed by atoms with Gasteiger partial charge in [0, 0.05) is 42.2 Å². The van der Waals surface area contributed by atoms with Gasteiger partial charge in [0.25, 0.3) is 5.91 Å². The molecule has 8 heteroatoms. The van der Waals surface area contributed by atoms with Crippen molar-refractivity contribution in [2.75, 3.05) is 11.9 Å². The van der Waals surface area contributed by atoms with E-state index in [4.69, 9.17) is 4.74 Å². The highest BCUT2D eigenvalue weighted by Crippen LogP contribution is 2.38. The van der Waals surface area contributed by atoms with Gasteiger partial charge in [-0.05, 0) is 39.0 Å². The summed E-state index contributed by atoms with van der Waals surface area (Å²) in [5, 5.41) is 3.26. The summed E-state index contributed by atoms with van der Waals surface area (Å²) in [5.41, 5.74) is 2.61. The molecule has 1 aromatic carbocycles. The summed E-state index contributed by atoms with van der Waals surface area (Å²) in [4.78, 5) is 33.9. The predicted molar refractivity (Wildman–Crippen MR) is 115 cm³/mol. The maximum atomic E-state index is 13.8. The number of carbonyl (C=O) groups is 2. The van der Waals surface area contributed by atoms with E-state index in [1.54, 1.807) is 26.8 Å². The topological polar surface area (TPSA) is 87.3 Å². The van der Waals surface area contributed by atoms with Gasteiger partial charge in [0.2, 0.25) is 5.95 Å². The number of halogens is 1. The van der Waals surface area contributed by atoms with E-state index in [0.29, 0.717) is 34.6 Å². The first kappa shape index (κ1) is 20.6. The van der Waals surface area contributed by atoms with Gasteiger partial charge in [-0.1, -0.05) is 18.2 Å². The van der Waals surface area contributed by atoms with Gasteiger partial charge in [0.15, 0.2) is 0 Å². The summed E-state index contributed by atoms with van der Waals surface area (Å²) in [5.74, 6) is -1.09. The second-order valence-electron chi connectivity index (χ2n) is 8.27. The number of anilines is 2. The van der Waals surface area contributed by atoms with E-state index in [9.17, 15) is 14.0 Å². The van der Waals surface area contributed by atoms with Crippen LogP contribution in [0.4, 0.5) is 20.6 Å². The number of amides is 2. The first-order chi connectivity index (χ1) is 14.7. The van der Waals surface area contributed by atoms with Crippen molar-refractivity contribution in [1.29, 1.82) is 0 Å². The Morgan fingerprint density at radius 1 is 1.23 bits per heavy atom. The molecule has 2 N–H and O–H groups in total. The van der Waals surface area contributed by atoms with Crippen LogP contribution in [0.25, 0.3) is 11.3 Å². The van der Waals surface area contributed by atoms with Crippen LogP contribution in [0.15, 0.2) is 48.7 Å². The summed E-state index contributed by atoms with van der Waals surface area (Å²) in [6.07, 6.45) is 1.11. The molecule has 0 bridgehead atoms. The van der Waals surface area contributed by atoms with E-state index in [1.165, 1.54) is 12.3 Å². The third-order valence-corrected chi connectivity index (χ3v) is 4.79. The molecule has 1 aliphatic rings. The first-order valence-electron chi connectivity index (χ1n) is 9.96. The monoisotopic (exact) mass is 422 g/mol. The van der Waals surface area contributed by atoms with Crippen LogP contribution in [0.3, 0.4) is 0 Å². The predicted octanol–water partition coefficient (Wildman–Crippen LogP) is 4.89. The van der Waals surface area contributed by atoms with Crippen LogP contribution < -0.4 is 5.32 Å². The fraction of sp³-hybridized carbons (Fsp3) is 0.261. The average Bonchev–Trinajstić information content (AvgIpc) is 3.07. The van der Waals surface area contributed by atoms with E-state index < -0.39 is 23.5 Å². The van der Waals surface area contributed by atoms with Gasteiger partial charge in [-0.2, -0.15) is 4.39 Å². The minimum Gasteiger partial charge on any atom is -0.443 e. The fourth-order valence-electron chi connectivity index (χ4n) is 3.49. The molecule has 0 unspecified atom stereocenters. The van der Waals surface area contributed by atoms with Crippen molar-refractivity contribution < 1.29 is 18.7 Å². The second kappa shape index (κ2) is 7.86. The Labute approximate surface area is 179 Å². The number of ether oxygens (including phenoxy) is 1. The van der Waals surface area contributed by atoms with E-state index in [-0.39, 0.29) is 6.54 Å². The molecule has 1 aliphatic heterocycles. The van der Waals surface area contributed by atoms with Gasteiger partial charge in [-0.15, -0.1) is 0 Å². The summed E-state index contributed by atoms with van der Waals surface area (Å²) in [6, 6.07) is 12.3. The van der Waals surface area contributed by atoms with Gasteiger partial charge in [0.05, 0.1) is 16.9 Å². The van der Waals surface area contributed by atoms with Gasteiger partial charge in [-0.25, -0.2) is 14.7 Å². The summed E-state index contributed by atoms with van der Waals surface area (Å²) in [6.45, 7) is 5.44. The lowest BCUT2D eigenvalue weighted by Gasteiger charge is -2.29. The molecule has 0 spiro atoms. The van der Waals surface area contributed by atoms with Crippen LogP contribution in [0.5, 0.6) is 0 Å². The fourth-order valence-corrected chi connectivity index (χ4v) is 3.49. The van der Waals surface area contributed by atoms with Gasteiger partial charge < -0.3 is 15.0 Å². The number of nitrogens with one attached hydrogen (secondary N) is 2. The highest BCUT2D eigenvalue weighted by atomic mass is 19.1. The molecule has 0 aliphatic carbocycles. The van der Waals surface area contributed by atoms with Crippen molar-refractivity contribution in [1.82, 2.24) is 14.9 Å². The van der Waals surface area contributed by atoms with Crippen molar-refractivity contribution in [2.45, 2.75) is 32.8 Å². The van der Waals surface area contributed by atoms with Crippen LogP contribution in [0, 0.1) is 5.95 Å². The third kappa shape index (κ3) is 4.28. The summed E-state index contributed by atoms with van der Waals surface area (Å²) >= 11 is 0. The van der Waals surface area contributed by atoms with Crippen LogP contribution in [-0.4, -0.2) is 39.0 Å². The van der Waals surface area contributed by atoms with Crippen molar-refractivity contribution >= 4 is 23.4 Å². The Bertz CT molecular complexity index is 1140. The van der Waals surface area contributed by atoms with Crippen LogP contribution in [0.1, 0.15) is 36.8 Å². The Kier molecular flexibility index (Phi) is 5.22. The van der Waals surface area contributed by atoms with Crippen LogP contribution in [-0.2, 0) is 11.2 Å². The largest absolute Gasteiger partial charge is 0.443 e. The zero-order valence-corrected chi connectivity index (χ0v) is 17.5. The number of aromatic amines is 1. The SMILES string of the molecule is CC(C)(C)OC(=O)N1CCc2[nH]c(-c3ccnc(F)c3)c(Nc3ccccc3)c2C1=O. The number of imide groups is 1. The quantitative estimate of drug-likeness (QED) is 0.587. The number of rotatable bonds is 3. The zero-order chi connectivity index (χ0) is 22.2. The van der Waals surface area contributed by atoms with Gasteiger partial charge >= 0.3 is 6.09 Å². The normalized spacial score (nSPS) is 13.7. The lowest BCUT2D eigenvalue weighted by molar-refractivity contribution is 0.0233. The van der Waals surface area contributed by atoms with Gasteiger partial charge in [0.1, 0.15) is 5.60 Å². The number of benzene rings is 1. The molecule has 0 atom stereocenters. The van der Waals surface area contributed by atoms with E-state index in [0.717, 1.165) is 10.6 Å². The second-order valence-corrected chi connectivity index (χ2v) is 8.27. The molecule has 3 aromatic rings. The number of carbonyl (C=O) groups excluding carboxylic acids is 2. The minimum atomic E-state index is -0.722. The average molecular weight is 422 g/mol. The van der Waals surface area contributed by atoms with Crippen LogP contribution in [0.2, 0.25) is 0 Å². The smallest absolute Gasteiger partial charge is 0.417 e. The Hall–Kier alpha value is -3.68. The molecular weight excluding hydrogens is 399 g/mol. The molecule has 4 rings (SSSR count). The highest BCUT2D eigenvalue weighted by molar-refractivity contribution is 6.11. The van der Waals surface area contributed by atoms with Gasteiger partial charge in [-0.3, -0.25) is 4.79 Å². The number of pyridine rings is 1. The molecule has 7 nitrogen and oxygen atoms in total. The van der Waals surface area contributed by atoms with E-state index in [2.05, 4.69) is 15.3 Å². The summed E-state index contributed by atoms with van der Waals surface area (Å²) < 4.78 is 19.2. The minimum absolute atomic E-state index is 0.191. The van der Waals surface area contributed by atoms with E-state index in [1.807, 2.05) is 30.3 Å². The molecule has 3 heterocycles. The molecule has 2 amide bonds. The molecule has 0 radical (unpaired) electrons. The molecule has 160 valence electrons. The maximum Gasteiger partial charge on any atom is 0.417 e. The number of hydrogen-bond donors (Lipinski definition) is 2. The summed E-state index contributed by atoms with van der Waals surface area (Å²) in [7, 11) is 0. The maximum absolute atomic E-state index is 13.8. The molecule has 31 heavy (non-hydrogen) atoms. The lowest BCUT2D eigenvalue weighted by Crippen LogP contribution is -2.44. The van der Waals surface area contributed by atoms with Crippen molar-refractivity contribution in [3.8, 4) is 11.3 Å². The first-order valence-corrected chi connectivity index (χ1v) is 9.96. The number of para-hydroxylation sites is 1. The molecule has 0 saturated heterocycles. The standard InChI is InChI=1S/C23H23FN4O3/c1-23(2,3)31-22(30)28-12-10-16-18(21(28)29)20(26-15-7-5-4-6-8-15)19(27-16)14-9-11-25-17(24)13-14/h4-9,11,13,26-27H,10,12H2,1-3H3. The van der Waals surface area contributed by atoms with Crippen molar-refractivity contribution in [3.63, 3.8) is 0 Å². The third-order valence-electron chi connectivity index (χ3n) is 4.79. The van der Waals surface area contributed by atoms with Crippen LogP contribution >= 0.6 is 0 Å². The number of aromatic nitrogens is 2. The Balaban J connectivity index is 1.79. The Morgan fingerprint density at radius 3 is 2.65 bits per heavy atom. The highest BCUT2D eigenvalue weighted by Gasteiger charge is 2.36. The number of nitrogens with zero attached hydrogens (tertiary/aromatic N) is 2. The molecule has 0 fully saturated rings. The number of hydrogen-bond acceptors (Lipinski definition) is 5. The van der Waals surface area contributed by atoms with Crippen molar-refractivity contribution in [3.05, 3.63) is 65.9 Å². The van der Waals surface area contributed by atoms with Crippen molar-refractivity contribution in [2.24, 2.45) is 0 Å². The molecule has 0 saturated carbocycles. The Morgan fingerprint density at radius 2 is 1.97 bits per heavy atom. The number of fused-ring (bicyclic) bond motifs is 1. The zero-order valence-electron chi connectivity index (χ0n) is 17.5. The molecular formula is C23H23FN4O3. The number of H-pyrrole nitrogens is 1. The lowest BCUT2D eigenvalue weighted by atomic mass is 10.0. The molecule has 2 aromatic heterocycles.